The van der Waals surface area contributed by atoms with Crippen molar-refractivity contribution in [3.8, 4) is 0 Å². The molecule has 1 aliphatic rings. The van der Waals surface area contributed by atoms with Gasteiger partial charge in [-0.15, -0.1) is 5.10 Å². The van der Waals surface area contributed by atoms with Gasteiger partial charge in [0.1, 0.15) is 0 Å². The van der Waals surface area contributed by atoms with Crippen LogP contribution >= 0.6 is 0 Å². The predicted octanol–water partition coefficient (Wildman–Crippen LogP) is 4.02. The zero-order chi connectivity index (χ0) is 17.0. The summed E-state index contributed by atoms with van der Waals surface area (Å²) in [6, 6.07) is 8.24. The van der Waals surface area contributed by atoms with Gasteiger partial charge in [-0.25, -0.2) is 4.79 Å². The Hall–Kier alpha value is -2.04. The maximum atomic E-state index is 12.0. The molecule has 1 aliphatic heterocycles. The number of nitrogens with zero attached hydrogens (tertiary/aromatic N) is 3. The number of carbonyl (C=O) groups excluding carboxylic acids is 1. The highest BCUT2D eigenvalue weighted by atomic mass is 16.6. The number of benzene rings is 1. The van der Waals surface area contributed by atoms with Gasteiger partial charge in [-0.1, -0.05) is 37.5 Å². The van der Waals surface area contributed by atoms with E-state index in [0.29, 0.717) is 5.90 Å². The van der Waals surface area contributed by atoms with Gasteiger partial charge in [0.25, 0.3) is 0 Å². The Morgan fingerprint density at radius 2 is 2.00 bits per heavy atom. The van der Waals surface area contributed by atoms with Gasteiger partial charge >= 0.3 is 6.09 Å². The molecule has 0 saturated heterocycles. The number of aryl methyl sites for hydroxylation is 1. The molecule has 0 spiro atoms. The standard InChI is InChI=1S/C18H27N3O2/c1-6-7-12-18(3)13-21(15-10-8-14(2)9-11-15)19-16(18)23-17(22)20(4)5/h8-11H,6-7,12-13H2,1-5H3. The topological polar surface area (TPSA) is 45.1 Å². The lowest BCUT2D eigenvalue weighted by molar-refractivity contribution is 0.161. The minimum absolute atomic E-state index is 0.243. The van der Waals surface area contributed by atoms with Crippen LogP contribution in [0.5, 0.6) is 0 Å². The number of rotatable bonds is 4. The van der Waals surface area contributed by atoms with Crippen molar-refractivity contribution < 1.29 is 9.53 Å². The van der Waals surface area contributed by atoms with Gasteiger partial charge in [0.05, 0.1) is 17.6 Å². The van der Waals surface area contributed by atoms with Crippen molar-refractivity contribution in [3.05, 3.63) is 29.8 Å². The van der Waals surface area contributed by atoms with Crippen LogP contribution in [0.15, 0.2) is 29.4 Å². The number of hydrogen-bond donors (Lipinski definition) is 0. The number of anilines is 1. The smallest absolute Gasteiger partial charge is 0.393 e. The van der Waals surface area contributed by atoms with Gasteiger partial charge in [0.15, 0.2) is 0 Å². The number of amides is 1. The van der Waals surface area contributed by atoms with Crippen molar-refractivity contribution in [1.29, 1.82) is 0 Å². The fraction of sp³-hybridized carbons (Fsp3) is 0.556. The van der Waals surface area contributed by atoms with E-state index in [1.807, 2.05) is 5.01 Å². The van der Waals surface area contributed by atoms with E-state index < -0.39 is 0 Å². The Kier molecular flexibility index (Phi) is 5.29. The Balaban J connectivity index is 2.24. The molecule has 1 amide bonds. The van der Waals surface area contributed by atoms with Crippen molar-refractivity contribution in [3.63, 3.8) is 0 Å². The quantitative estimate of drug-likeness (QED) is 0.842. The Morgan fingerprint density at radius 1 is 1.35 bits per heavy atom. The average molecular weight is 317 g/mol. The van der Waals surface area contributed by atoms with Gasteiger partial charge in [0, 0.05) is 14.1 Å². The van der Waals surface area contributed by atoms with Crippen LogP contribution in [0.1, 0.15) is 38.7 Å². The van der Waals surface area contributed by atoms with E-state index in [2.05, 4.69) is 50.1 Å². The molecule has 5 nitrogen and oxygen atoms in total. The number of carbonyl (C=O) groups is 1. The van der Waals surface area contributed by atoms with Crippen LogP contribution < -0.4 is 5.01 Å². The zero-order valence-corrected chi connectivity index (χ0v) is 14.8. The van der Waals surface area contributed by atoms with Gasteiger partial charge in [-0.3, -0.25) is 5.01 Å². The van der Waals surface area contributed by atoms with Crippen LogP contribution in [0.25, 0.3) is 0 Å². The molecule has 0 saturated carbocycles. The van der Waals surface area contributed by atoms with E-state index in [4.69, 9.17) is 4.74 Å². The molecule has 1 aromatic carbocycles. The molecular weight excluding hydrogens is 290 g/mol. The van der Waals surface area contributed by atoms with Gasteiger partial charge in [-0.2, -0.15) is 0 Å². The van der Waals surface area contributed by atoms with Crippen LogP contribution in [0.3, 0.4) is 0 Å². The summed E-state index contributed by atoms with van der Waals surface area (Å²) in [5.74, 6) is 0.519. The largest absolute Gasteiger partial charge is 0.415 e. The normalized spacial score (nSPS) is 20.4. The van der Waals surface area contributed by atoms with E-state index in [1.165, 1.54) is 10.5 Å². The first kappa shape index (κ1) is 17.3. The van der Waals surface area contributed by atoms with Crippen molar-refractivity contribution in [2.45, 2.75) is 40.0 Å². The first-order valence-electron chi connectivity index (χ1n) is 8.18. The maximum Gasteiger partial charge on any atom is 0.415 e. The summed E-state index contributed by atoms with van der Waals surface area (Å²) >= 11 is 0. The van der Waals surface area contributed by atoms with Crippen LogP contribution in [0, 0.1) is 12.3 Å². The van der Waals surface area contributed by atoms with Gasteiger partial charge < -0.3 is 9.64 Å². The summed E-state index contributed by atoms with van der Waals surface area (Å²) in [4.78, 5) is 13.4. The second-order valence-electron chi connectivity index (χ2n) is 6.72. The van der Waals surface area contributed by atoms with Crippen LogP contribution in [0.4, 0.5) is 10.5 Å². The fourth-order valence-electron chi connectivity index (χ4n) is 2.60. The van der Waals surface area contributed by atoms with Crippen molar-refractivity contribution >= 4 is 17.7 Å². The second-order valence-corrected chi connectivity index (χ2v) is 6.72. The van der Waals surface area contributed by atoms with E-state index in [9.17, 15) is 4.79 Å². The van der Waals surface area contributed by atoms with Crippen molar-refractivity contribution in [2.75, 3.05) is 25.6 Å². The third-order valence-corrected chi connectivity index (χ3v) is 4.19. The highest BCUT2D eigenvalue weighted by molar-refractivity contribution is 5.94. The van der Waals surface area contributed by atoms with Gasteiger partial charge in [0.2, 0.25) is 5.90 Å². The molecule has 2 rings (SSSR count). The molecule has 1 atom stereocenters. The summed E-state index contributed by atoms with van der Waals surface area (Å²) < 4.78 is 5.56. The molecule has 1 aromatic rings. The molecule has 0 aliphatic carbocycles. The number of hydrazone groups is 1. The molecule has 0 fully saturated rings. The SMILES string of the molecule is CCCCC1(C)CN(c2ccc(C)cc2)N=C1OC(=O)N(C)C. The summed E-state index contributed by atoms with van der Waals surface area (Å²) in [6.45, 7) is 7.08. The monoisotopic (exact) mass is 317 g/mol. The van der Waals surface area contributed by atoms with Crippen LogP contribution in [-0.4, -0.2) is 37.5 Å². The fourth-order valence-corrected chi connectivity index (χ4v) is 2.60. The highest BCUT2D eigenvalue weighted by Crippen LogP contribution is 2.36. The summed E-state index contributed by atoms with van der Waals surface area (Å²) in [7, 11) is 3.36. The van der Waals surface area contributed by atoms with Crippen molar-refractivity contribution in [1.82, 2.24) is 4.90 Å². The van der Waals surface area contributed by atoms with Crippen LogP contribution in [-0.2, 0) is 4.74 Å². The Labute approximate surface area is 138 Å². The molecule has 0 bridgehead atoms. The van der Waals surface area contributed by atoms with E-state index >= 15 is 0 Å². The van der Waals surface area contributed by atoms with E-state index in [1.54, 1.807) is 14.1 Å². The molecule has 0 radical (unpaired) electrons. The summed E-state index contributed by atoms with van der Waals surface area (Å²) in [5, 5.41) is 6.53. The van der Waals surface area contributed by atoms with E-state index in [0.717, 1.165) is 31.5 Å². The second kappa shape index (κ2) is 7.02. The molecule has 126 valence electrons. The molecule has 23 heavy (non-hydrogen) atoms. The maximum absolute atomic E-state index is 12.0. The lowest BCUT2D eigenvalue weighted by Crippen LogP contribution is -2.35. The lowest BCUT2D eigenvalue weighted by Gasteiger charge is -2.26. The average Bonchev–Trinajstić information content (AvgIpc) is 2.83. The Morgan fingerprint density at radius 3 is 2.57 bits per heavy atom. The van der Waals surface area contributed by atoms with E-state index in [-0.39, 0.29) is 11.5 Å². The third-order valence-electron chi connectivity index (χ3n) is 4.19. The number of unbranched alkanes of at least 4 members (excludes halogenated alkanes) is 1. The number of ether oxygens (including phenoxy) is 1. The van der Waals surface area contributed by atoms with Crippen molar-refractivity contribution in [2.24, 2.45) is 10.5 Å². The summed E-state index contributed by atoms with van der Waals surface area (Å²) in [5.41, 5.74) is 1.99. The summed E-state index contributed by atoms with van der Waals surface area (Å²) in [6.07, 6.45) is 2.76. The lowest BCUT2D eigenvalue weighted by atomic mass is 9.85. The van der Waals surface area contributed by atoms with Gasteiger partial charge in [-0.05, 0) is 32.4 Å². The third kappa shape index (κ3) is 4.03. The molecule has 1 unspecified atom stereocenters. The number of hydrogen-bond acceptors (Lipinski definition) is 4. The molecular formula is C18H27N3O2. The molecule has 0 N–H and O–H groups in total. The molecule has 5 heteroatoms. The molecule has 0 aromatic heterocycles. The highest BCUT2D eigenvalue weighted by Gasteiger charge is 2.41. The van der Waals surface area contributed by atoms with Crippen LogP contribution in [0.2, 0.25) is 0 Å². The first-order valence-corrected chi connectivity index (χ1v) is 8.18. The zero-order valence-electron chi connectivity index (χ0n) is 14.8. The minimum atomic E-state index is -0.378. The molecule has 1 heterocycles. The first-order chi connectivity index (χ1) is 10.9. The Bertz CT molecular complexity index is 580. The predicted molar refractivity (Wildman–Crippen MR) is 93.8 cm³/mol. The minimum Gasteiger partial charge on any atom is -0.393 e.